The molecule has 1 N–H and O–H groups in total. The van der Waals surface area contributed by atoms with E-state index >= 15 is 0 Å². The first-order chi connectivity index (χ1) is 4.52. The Morgan fingerprint density at radius 2 is 2.40 bits per heavy atom. The zero-order valence-electron chi connectivity index (χ0n) is 5.51. The summed E-state index contributed by atoms with van der Waals surface area (Å²) < 4.78 is 11.8. The van der Waals surface area contributed by atoms with Crippen molar-refractivity contribution in [3.63, 3.8) is 0 Å². The molecular weight excluding hydrogens is 199 g/mol. The summed E-state index contributed by atoms with van der Waals surface area (Å²) >= 11 is 3.18. The monoisotopic (exact) mass is 206 g/mol. The molecule has 2 unspecified atom stereocenters. The Hall–Kier alpha value is -0.150. The average molecular weight is 207 g/mol. The molecule has 2 atom stereocenters. The molecule has 0 aliphatic heterocycles. The maximum atomic E-state index is 12.5. The van der Waals surface area contributed by atoms with Crippen molar-refractivity contribution in [1.29, 1.82) is 0 Å². The molecule has 0 fully saturated rings. The van der Waals surface area contributed by atoms with Crippen molar-refractivity contribution >= 4 is 15.9 Å². The first-order valence-corrected chi connectivity index (χ1v) is 3.75. The second-order valence-electron chi connectivity index (χ2n) is 2.48. The number of rotatable bonds is 0. The second kappa shape index (κ2) is 2.47. The van der Waals surface area contributed by atoms with Gasteiger partial charge in [0.15, 0.2) is 0 Å². The van der Waals surface area contributed by atoms with Gasteiger partial charge < -0.3 is 5.11 Å². The van der Waals surface area contributed by atoms with Gasteiger partial charge in [-0.15, -0.1) is 0 Å². The molecule has 0 bridgehead atoms. The highest BCUT2D eigenvalue weighted by Crippen LogP contribution is 2.30. The molecule has 1 aliphatic carbocycles. The Morgan fingerprint density at radius 3 is 2.80 bits per heavy atom. The molecular formula is C7H8BrFO. The highest BCUT2D eigenvalue weighted by Gasteiger charge is 2.28. The summed E-state index contributed by atoms with van der Waals surface area (Å²) in [6.45, 7) is 1.71. The van der Waals surface area contributed by atoms with Crippen molar-refractivity contribution < 1.29 is 9.50 Å². The third-order valence-corrected chi connectivity index (χ3v) is 2.13. The fourth-order valence-electron chi connectivity index (χ4n) is 0.774. The molecule has 3 heteroatoms. The van der Waals surface area contributed by atoms with Crippen molar-refractivity contribution in [3.05, 3.63) is 24.1 Å². The Kier molecular flexibility index (Phi) is 1.97. The SMILES string of the molecule is CC1(Br)C=C(F)C=CC1O. The van der Waals surface area contributed by atoms with E-state index in [0.29, 0.717) is 0 Å². The number of alkyl halides is 1. The smallest absolute Gasteiger partial charge is 0.120 e. The van der Waals surface area contributed by atoms with E-state index in [1.807, 2.05) is 0 Å². The Labute approximate surface area is 67.4 Å². The highest BCUT2D eigenvalue weighted by molar-refractivity contribution is 9.10. The number of aliphatic hydroxyl groups excluding tert-OH is 1. The maximum Gasteiger partial charge on any atom is 0.120 e. The molecule has 0 radical (unpaired) electrons. The van der Waals surface area contributed by atoms with Crippen molar-refractivity contribution in [2.75, 3.05) is 0 Å². The first-order valence-electron chi connectivity index (χ1n) is 2.96. The zero-order chi connectivity index (χ0) is 7.78. The summed E-state index contributed by atoms with van der Waals surface area (Å²) in [7, 11) is 0. The Balaban J connectivity index is 2.88. The minimum atomic E-state index is -0.647. The number of hydrogen-bond donors (Lipinski definition) is 1. The third kappa shape index (κ3) is 1.47. The van der Waals surface area contributed by atoms with Crippen LogP contribution >= 0.6 is 15.9 Å². The molecule has 56 valence electrons. The highest BCUT2D eigenvalue weighted by atomic mass is 79.9. The summed E-state index contributed by atoms with van der Waals surface area (Å²) in [6, 6.07) is 0. The van der Waals surface area contributed by atoms with Gasteiger partial charge in [-0.3, -0.25) is 0 Å². The summed E-state index contributed by atoms with van der Waals surface area (Å²) in [5.41, 5.74) is 0. The van der Waals surface area contributed by atoms with Gasteiger partial charge >= 0.3 is 0 Å². The van der Waals surface area contributed by atoms with Crippen LogP contribution in [0.2, 0.25) is 0 Å². The van der Waals surface area contributed by atoms with Crippen LogP contribution in [0, 0.1) is 0 Å². The fraction of sp³-hybridized carbons (Fsp3) is 0.429. The summed E-state index contributed by atoms with van der Waals surface area (Å²) in [6.07, 6.45) is 3.38. The van der Waals surface area contributed by atoms with E-state index in [1.165, 1.54) is 18.2 Å². The minimum Gasteiger partial charge on any atom is -0.387 e. The number of hydrogen-bond acceptors (Lipinski definition) is 1. The lowest BCUT2D eigenvalue weighted by Crippen LogP contribution is -2.31. The molecule has 0 heterocycles. The van der Waals surface area contributed by atoms with E-state index in [2.05, 4.69) is 15.9 Å². The topological polar surface area (TPSA) is 20.2 Å². The van der Waals surface area contributed by atoms with Crippen LogP contribution in [-0.4, -0.2) is 15.5 Å². The zero-order valence-corrected chi connectivity index (χ0v) is 7.10. The van der Waals surface area contributed by atoms with Gasteiger partial charge in [0.25, 0.3) is 0 Å². The van der Waals surface area contributed by atoms with Crippen LogP contribution in [0.25, 0.3) is 0 Å². The molecule has 0 saturated heterocycles. The van der Waals surface area contributed by atoms with E-state index < -0.39 is 10.4 Å². The lowest BCUT2D eigenvalue weighted by atomic mass is 9.99. The van der Waals surface area contributed by atoms with Crippen molar-refractivity contribution in [2.45, 2.75) is 17.4 Å². The molecule has 1 rings (SSSR count). The molecule has 0 amide bonds. The first kappa shape index (κ1) is 7.95. The number of halogens is 2. The molecule has 0 aromatic heterocycles. The summed E-state index contributed by atoms with van der Waals surface area (Å²) in [5.74, 6) is -0.315. The lowest BCUT2D eigenvalue weighted by molar-refractivity contribution is 0.199. The van der Waals surface area contributed by atoms with Gasteiger partial charge in [0, 0.05) is 0 Å². The van der Waals surface area contributed by atoms with Crippen LogP contribution in [0.15, 0.2) is 24.1 Å². The van der Waals surface area contributed by atoms with Gasteiger partial charge in [-0.2, -0.15) is 0 Å². The van der Waals surface area contributed by atoms with Gasteiger partial charge in [0.2, 0.25) is 0 Å². The largest absolute Gasteiger partial charge is 0.387 e. The van der Waals surface area contributed by atoms with E-state index in [0.717, 1.165) is 0 Å². The molecule has 0 aromatic carbocycles. The maximum absolute atomic E-state index is 12.5. The van der Waals surface area contributed by atoms with E-state index in [9.17, 15) is 9.50 Å². The second-order valence-corrected chi connectivity index (χ2v) is 4.19. The van der Waals surface area contributed by atoms with Gasteiger partial charge in [-0.25, -0.2) is 4.39 Å². The van der Waals surface area contributed by atoms with Gasteiger partial charge in [0.05, 0.1) is 10.4 Å². The van der Waals surface area contributed by atoms with Gasteiger partial charge in [-0.1, -0.05) is 22.0 Å². The summed E-state index contributed by atoms with van der Waals surface area (Å²) in [5, 5.41) is 9.21. The van der Waals surface area contributed by atoms with Crippen LogP contribution < -0.4 is 0 Å². The van der Waals surface area contributed by atoms with Gasteiger partial charge in [0.1, 0.15) is 5.83 Å². The fourth-order valence-corrected chi connectivity index (χ4v) is 1.15. The predicted molar refractivity (Wildman–Crippen MR) is 41.7 cm³/mol. The van der Waals surface area contributed by atoms with Crippen molar-refractivity contribution in [1.82, 2.24) is 0 Å². The van der Waals surface area contributed by atoms with Gasteiger partial charge in [-0.05, 0) is 19.1 Å². The molecule has 1 nitrogen and oxygen atoms in total. The Bertz CT molecular complexity index is 196. The van der Waals surface area contributed by atoms with Crippen LogP contribution in [0.1, 0.15) is 6.92 Å². The van der Waals surface area contributed by atoms with Crippen LogP contribution in [-0.2, 0) is 0 Å². The van der Waals surface area contributed by atoms with Crippen LogP contribution in [0.4, 0.5) is 4.39 Å². The van der Waals surface area contributed by atoms with E-state index in [1.54, 1.807) is 6.92 Å². The van der Waals surface area contributed by atoms with E-state index in [-0.39, 0.29) is 5.83 Å². The standard InChI is InChI=1S/C7H8BrFO/c1-7(8)4-5(9)2-3-6(7)10/h2-4,6,10H,1H3. The number of allylic oxidation sites excluding steroid dienone is 2. The molecule has 1 aliphatic rings. The van der Waals surface area contributed by atoms with Crippen LogP contribution in [0.3, 0.4) is 0 Å². The molecule has 10 heavy (non-hydrogen) atoms. The third-order valence-electron chi connectivity index (χ3n) is 1.44. The quantitative estimate of drug-likeness (QED) is 0.601. The summed E-state index contributed by atoms with van der Waals surface area (Å²) in [4.78, 5) is 0. The molecule has 0 spiro atoms. The molecule has 0 aromatic rings. The minimum absolute atomic E-state index is 0.315. The Morgan fingerprint density at radius 1 is 1.80 bits per heavy atom. The number of aliphatic hydroxyl groups is 1. The van der Waals surface area contributed by atoms with Crippen LogP contribution in [0.5, 0.6) is 0 Å². The molecule has 0 saturated carbocycles. The van der Waals surface area contributed by atoms with E-state index in [4.69, 9.17) is 0 Å². The predicted octanol–water partition coefficient (Wildman–Crippen LogP) is 1.92. The lowest BCUT2D eigenvalue weighted by Gasteiger charge is -2.24. The van der Waals surface area contributed by atoms with Crippen molar-refractivity contribution in [2.24, 2.45) is 0 Å². The van der Waals surface area contributed by atoms with Crippen molar-refractivity contribution in [3.8, 4) is 0 Å². The average Bonchev–Trinajstić information content (AvgIpc) is 1.78. The normalized spacial score (nSPS) is 39.6.